The van der Waals surface area contributed by atoms with Crippen LogP contribution in [0.25, 0.3) is 0 Å². The van der Waals surface area contributed by atoms with Gasteiger partial charge in [-0.2, -0.15) is 0 Å². The van der Waals surface area contributed by atoms with Crippen molar-refractivity contribution in [3.63, 3.8) is 0 Å². The summed E-state index contributed by atoms with van der Waals surface area (Å²) in [5, 5.41) is 0.122. The second kappa shape index (κ2) is 5.29. The predicted molar refractivity (Wildman–Crippen MR) is 55.1 cm³/mol. The van der Waals surface area contributed by atoms with Crippen LogP contribution < -0.4 is 5.73 Å². The van der Waals surface area contributed by atoms with E-state index in [1.165, 1.54) is 6.07 Å². The molecule has 4 heteroatoms. The van der Waals surface area contributed by atoms with Crippen LogP contribution in [0.2, 0.25) is 5.02 Å². The van der Waals surface area contributed by atoms with Gasteiger partial charge in [0.05, 0.1) is 11.6 Å². The standard InChI is InChI=1S/C10H13ClFNO/c1-14-6-8(5-13)7-2-3-10(12)9(11)4-7/h2-4,8H,5-6,13H2,1H3. The second-order valence-corrected chi connectivity index (χ2v) is 3.47. The Labute approximate surface area is 87.8 Å². The normalized spacial score (nSPS) is 12.9. The molecule has 78 valence electrons. The summed E-state index contributed by atoms with van der Waals surface area (Å²) in [6.07, 6.45) is 0. The Morgan fingerprint density at radius 3 is 2.79 bits per heavy atom. The fourth-order valence-electron chi connectivity index (χ4n) is 1.27. The Bertz CT molecular complexity index is 306. The molecule has 1 aromatic rings. The molecule has 14 heavy (non-hydrogen) atoms. The summed E-state index contributed by atoms with van der Waals surface area (Å²) in [6, 6.07) is 4.61. The second-order valence-electron chi connectivity index (χ2n) is 3.06. The molecule has 1 aromatic carbocycles. The lowest BCUT2D eigenvalue weighted by Gasteiger charge is -2.14. The van der Waals surface area contributed by atoms with Crippen molar-refractivity contribution in [3.05, 3.63) is 34.6 Å². The molecular weight excluding hydrogens is 205 g/mol. The predicted octanol–water partition coefficient (Wildman–Crippen LogP) is 2.17. The Morgan fingerprint density at radius 2 is 2.29 bits per heavy atom. The number of hydrogen-bond donors (Lipinski definition) is 1. The molecule has 0 aliphatic carbocycles. The first-order chi connectivity index (χ1) is 6.69. The largest absolute Gasteiger partial charge is 0.384 e. The van der Waals surface area contributed by atoms with Gasteiger partial charge in [-0.25, -0.2) is 4.39 Å². The molecule has 1 unspecified atom stereocenters. The van der Waals surface area contributed by atoms with Crippen molar-refractivity contribution in [2.75, 3.05) is 20.3 Å². The van der Waals surface area contributed by atoms with Gasteiger partial charge in [0.15, 0.2) is 0 Å². The molecule has 0 saturated heterocycles. The SMILES string of the molecule is COCC(CN)c1ccc(F)c(Cl)c1. The highest BCUT2D eigenvalue weighted by Crippen LogP contribution is 2.21. The van der Waals surface area contributed by atoms with Crippen molar-refractivity contribution in [3.8, 4) is 0 Å². The van der Waals surface area contributed by atoms with Crippen LogP contribution in [0.4, 0.5) is 4.39 Å². The molecule has 2 nitrogen and oxygen atoms in total. The zero-order valence-electron chi connectivity index (χ0n) is 7.97. The average molecular weight is 218 g/mol. The fraction of sp³-hybridized carbons (Fsp3) is 0.400. The van der Waals surface area contributed by atoms with E-state index in [1.54, 1.807) is 19.2 Å². The first kappa shape index (κ1) is 11.4. The van der Waals surface area contributed by atoms with Crippen LogP contribution in [0.3, 0.4) is 0 Å². The van der Waals surface area contributed by atoms with E-state index in [0.29, 0.717) is 13.2 Å². The lowest BCUT2D eigenvalue weighted by molar-refractivity contribution is 0.181. The average Bonchev–Trinajstić information content (AvgIpc) is 2.19. The van der Waals surface area contributed by atoms with E-state index >= 15 is 0 Å². The topological polar surface area (TPSA) is 35.2 Å². The highest BCUT2D eigenvalue weighted by Gasteiger charge is 2.11. The fourth-order valence-corrected chi connectivity index (χ4v) is 1.46. The molecule has 2 N–H and O–H groups in total. The van der Waals surface area contributed by atoms with Gasteiger partial charge >= 0.3 is 0 Å². The number of methoxy groups -OCH3 is 1. The smallest absolute Gasteiger partial charge is 0.141 e. The van der Waals surface area contributed by atoms with Gasteiger partial charge in [-0.15, -0.1) is 0 Å². The van der Waals surface area contributed by atoms with Gasteiger partial charge in [0.25, 0.3) is 0 Å². The third-order valence-electron chi connectivity index (χ3n) is 2.07. The summed E-state index contributed by atoms with van der Waals surface area (Å²) in [6.45, 7) is 0.967. The van der Waals surface area contributed by atoms with Gasteiger partial charge in [-0.05, 0) is 17.7 Å². The van der Waals surface area contributed by atoms with Gasteiger partial charge in [-0.3, -0.25) is 0 Å². The minimum absolute atomic E-state index is 0.0677. The van der Waals surface area contributed by atoms with Crippen LogP contribution >= 0.6 is 11.6 Å². The first-order valence-electron chi connectivity index (χ1n) is 4.33. The monoisotopic (exact) mass is 217 g/mol. The summed E-state index contributed by atoms with van der Waals surface area (Å²) < 4.78 is 17.9. The van der Waals surface area contributed by atoms with Crippen LogP contribution in [0, 0.1) is 5.82 Å². The van der Waals surface area contributed by atoms with Crippen molar-refractivity contribution in [2.24, 2.45) is 5.73 Å². The first-order valence-corrected chi connectivity index (χ1v) is 4.70. The van der Waals surface area contributed by atoms with Gasteiger partial charge in [-0.1, -0.05) is 17.7 Å². The van der Waals surface area contributed by atoms with Crippen LogP contribution in [0.1, 0.15) is 11.5 Å². The molecular formula is C10H13ClFNO. The molecule has 0 aliphatic rings. The molecule has 0 aromatic heterocycles. The Morgan fingerprint density at radius 1 is 1.57 bits per heavy atom. The van der Waals surface area contributed by atoms with E-state index < -0.39 is 5.82 Å². The van der Waals surface area contributed by atoms with E-state index in [1.807, 2.05) is 0 Å². The molecule has 0 spiro atoms. The Hall–Kier alpha value is -0.640. The van der Waals surface area contributed by atoms with E-state index in [4.69, 9.17) is 22.1 Å². The number of nitrogens with two attached hydrogens (primary N) is 1. The summed E-state index contributed by atoms with van der Waals surface area (Å²) in [4.78, 5) is 0. The third kappa shape index (κ3) is 2.67. The minimum Gasteiger partial charge on any atom is -0.384 e. The Kier molecular flexibility index (Phi) is 4.32. The molecule has 0 aliphatic heterocycles. The summed E-state index contributed by atoms with van der Waals surface area (Å²) >= 11 is 5.66. The summed E-state index contributed by atoms with van der Waals surface area (Å²) in [5.41, 5.74) is 6.47. The zero-order valence-corrected chi connectivity index (χ0v) is 8.72. The maximum absolute atomic E-state index is 12.9. The molecule has 0 fully saturated rings. The summed E-state index contributed by atoms with van der Waals surface area (Å²) in [5.74, 6) is -0.346. The van der Waals surface area contributed by atoms with Crippen molar-refractivity contribution in [1.82, 2.24) is 0 Å². The number of halogens is 2. The van der Waals surface area contributed by atoms with E-state index in [-0.39, 0.29) is 10.9 Å². The number of benzene rings is 1. The molecule has 1 atom stereocenters. The molecule has 1 rings (SSSR count). The lowest BCUT2D eigenvalue weighted by atomic mass is 10.0. The molecule has 0 bridgehead atoms. The van der Waals surface area contributed by atoms with Gasteiger partial charge in [0.2, 0.25) is 0 Å². The maximum Gasteiger partial charge on any atom is 0.141 e. The van der Waals surface area contributed by atoms with Gasteiger partial charge < -0.3 is 10.5 Å². The molecule has 0 saturated carbocycles. The lowest BCUT2D eigenvalue weighted by Crippen LogP contribution is -2.17. The highest BCUT2D eigenvalue weighted by atomic mass is 35.5. The van der Waals surface area contributed by atoms with Crippen molar-refractivity contribution in [2.45, 2.75) is 5.92 Å². The van der Waals surface area contributed by atoms with Crippen LogP contribution in [0.5, 0.6) is 0 Å². The van der Waals surface area contributed by atoms with Crippen molar-refractivity contribution < 1.29 is 9.13 Å². The van der Waals surface area contributed by atoms with Crippen LogP contribution in [-0.2, 0) is 4.74 Å². The third-order valence-corrected chi connectivity index (χ3v) is 2.36. The summed E-state index contributed by atoms with van der Waals surface area (Å²) in [7, 11) is 1.60. The number of ether oxygens (including phenoxy) is 1. The van der Waals surface area contributed by atoms with E-state index in [9.17, 15) is 4.39 Å². The van der Waals surface area contributed by atoms with Gasteiger partial charge in [0.1, 0.15) is 5.82 Å². The van der Waals surface area contributed by atoms with Gasteiger partial charge in [0, 0.05) is 19.6 Å². The quantitative estimate of drug-likeness (QED) is 0.839. The Balaban J connectivity index is 2.88. The maximum atomic E-state index is 12.9. The number of hydrogen-bond acceptors (Lipinski definition) is 2. The minimum atomic E-state index is -0.413. The number of rotatable bonds is 4. The molecule has 0 heterocycles. The van der Waals surface area contributed by atoms with Crippen molar-refractivity contribution in [1.29, 1.82) is 0 Å². The van der Waals surface area contributed by atoms with Crippen LogP contribution in [-0.4, -0.2) is 20.3 Å². The van der Waals surface area contributed by atoms with Crippen molar-refractivity contribution >= 4 is 11.6 Å². The van der Waals surface area contributed by atoms with Crippen LogP contribution in [0.15, 0.2) is 18.2 Å². The highest BCUT2D eigenvalue weighted by molar-refractivity contribution is 6.30. The molecule has 0 radical (unpaired) electrons. The van der Waals surface area contributed by atoms with E-state index in [2.05, 4.69) is 0 Å². The molecule has 0 amide bonds. The zero-order chi connectivity index (χ0) is 10.6. The van der Waals surface area contributed by atoms with E-state index in [0.717, 1.165) is 5.56 Å².